The highest BCUT2D eigenvalue weighted by Crippen LogP contribution is 2.61. The van der Waals surface area contributed by atoms with Gasteiger partial charge in [-0.15, -0.1) is 11.3 Å². The van der Waals surface area contributed by atoms with Crippen LogP contribution in [0.15, 0.2) is 24.3 Å². The summed E-state index contributed by atoms with van der Waals surface area (Å²) >= 11 is 1.53. The van der Waals surface area contributed by atoms with E-state index in [0.29, 0.717) is 24.1 Å². The van der Waals surface area contributed by atoms with Gasteiger partial charge in [-0.1, -0.05) is 12.1 Å². The van der Waals surface area contributed by atoms with E-state index in [4.69, 9.17) is 9.97 Å². The first-order chi connectivity index (χ1) is 16.2. The Morgan fingerprint density at radius 3 is 2.59 bits per heavy atom. The second-order valence-corrected chi connectivity index (χ2v) is 13.1. The number of benzene rings is 1. The van der Waals surface area contributed by atoms with Crippen molar-refractivity contribution in [3.8, 4) is 10.6 Å². The maximum atomic E-state index is 12.5. The minimum atomic E-state index is -3.65. The van der Waals surface area contributed by atoms with Crippen molar-refractivity contribution in [3.05, 3.63) is 30.0 Å². The summed E-state index contributed by atoms with van der Waals surface area (Å²) in [6, 6.07) is 7.30. The van der Waals surface area contributed by atoms with Gasteiger partial charge < -0.3 is 20.8 Å². The Morgan fingerprint density at radius 2 is 1.91 bits per heavy atom. The quantitative estimate of drug-likeness (QED) is 0.384. The van der Waals surface area contributed by atoms with Gasteiger partial charge in [-0.25, -0.2) is 18.4 Å². The van der Waals surface area contributed by atoms with Crippen molar-refractivity contribution in [2.75, 3.05) is 23.4 Å². The molecule has 0 radical (unpaired) electrons. The fraction of sp³-hybridized carbons (Fsp3) is 0.522. The number of nitrogens with one attached hydrogen (secondary N) is 2. The van der Waals surface area contributed by atoms with Crippen molar-refractivity contribution in [1.82, 2.24) is 15.0 Å². The Labute approximate surface area is 201 Å². The molecule has 2 heterocycles. The number of hydrogen-bond acceptors (Lipinski definition) is 10. The molecule has 5 unspecified atom stereocenters. The minimum Gasteiger partial charge on any atom is -0.391 e. The largest absolute Gasteiger partial charge is 0.391 e. The van der Waals surface area contributed by atoms with Gasteiger partial charge in [0.1, 0.15) is 15.6 Å². The van der Waals surface area contributed by atoms with E-state index in [0.717, 1.165) is 39.3 Å². The van der Waals surface area contributed by atoms with E-state index >= 15 is 0 Å². The number of aliphatic hydroxyl groups is 2. The maximum absolute atomic E-state index is 12.5. The number of hydrogen-bond donors (Lipinski definition) is 4. The standard InChI is InChI=1S/C23H27N5O4S2/c1-11-17(21-27-14-5-3-4-6-16(14)33-21)20(28-22(25-11)24-10-12-7-8-12)26-15-9-13-18(29)23(13,19(15)30)34(2,31)32/h3-6,12-13,15,18-19,29-30H,7-10H2,1-2H3,(H2,24,25,26,28). The Morgan fingerprint density at radius 1 is 1.15 bits per heavy atom. The van der Waals surface area contributed by atoms with Gasteiger partial charge in [0.25, 0.3) is 0 Å². The summed E-state index contributed by atoms with van der Waals surface area (Å²) in [5.41, 5.74) is 2.36. The van der Waals surface area contributed by atoms with E-state index in [2.05, 4.69) is 15.6 Å². The predicted octanol–water partition coefficient (Wildman–Crippen LogP) is 2.20. The van der Waals surface area contributed by atoms with Crippen LogP contribution in [-0.4, -0.2) is 69.4 Å². The predicted molar refractivity (Wildman–Crippen MR) is 132 cm³/mol. The van der Waals surface area contributed by atoms with Crippen LogP contribution in [0.4, 0.5) is 11.8 Å². The van der Waals surface area contributed by atoms with Crippen LogP contribution in [-0.2, 0) is 9.84 Å². The molecule has 4 N–H and O–H groups in total. The van der Waals surface area contributed by atoms with Crippen LogP contribution >= 0.6 is 11.3 Å². The van der Waals surface area contributed by atoms with Crippen molar-refractivity contribution in [2.45, 2.75) is 49.2 Å². The molecule has 3 aromatic rings. The number of thiazole rings is 1. The van der Waals surface area contributed by atoms with Crippen LogP contribution in [0.3, 0.4) is 0 Å². The van der Waals surface area contributed by atoms with E-state index in [1.165, 1.54) is 24.2 Å². The third-order valence-electron chi connectivity index (χ3n) is 7.47. The van der Waals surface area contributed by atoms with E-state index < -0.39 is 38.8 Å². The highest BCUT2D eigenvalue weighted by atomic mass is 32.2. The van der Waals surface area contributed by atoms with Crippen LogP contribution in [0, 0.1) is 18.8 Å². The molecule has 180 valence electrons. The molecular formula is C23H27N5O4S2. The molecule has 5 atom stereocenters. The molecule has 9 nitrogen and oxygen atoms in total. The van der Waals surface area contributed by atoms with E-state index in [9.17, 15) is 18.6 Å². The van der Waals surface area contributed by atoms with Gasteiger partial charge in [-0.3, -0.25) is 0 Å². The molecule has 0 saturated heterocycles. The number of aryl methyl sites for hydroxylation is 1. The lowest BCUT2D eigenvalue weighted by atomic mass is 10.1. The Kier molecular flexibility index (Phi) is 4.94. The van der Waals surface area contributed by atoms with Crippen molar-refractivity contribution in [2.24, 2.45) is 11.8 Å². The number of aliphatic hydroxyl groups excluding tert-OH is 2. The third kappa shape index (κ3) is 3.32. The van der Waals surface area contributed by atoms with Crippen molar-refractivity contribution in [3.63, 3.8) is 0 Å². The fourth-order valence-electron chi connectivity index (χ4n) is 5.44. The normalized spacial score (nSPS) is 30.4. The van der Waals surface area contributed by atoms with Crippen molar-refractivity contribution < 1.29 is 18.6 Å². The number of anilines is 2. The second-order valence-electron chi connectivity index (χ2n) is 9.78. The monoisotopic (exact) mass is 501 g/mol. The van der Waals surface area contributed by atoms with E-state index in [-0.39, 0.29) is 0 Å². The zero-order valence-corrected chi connectivity index (χ0v) is 20.5. The SMILES string of the molecule is Cc1nc(NCC2CC2)nc(NC2CC3C(O)C3(S(C)(=O)=O)C2O)c1-c1nc2ccccc2s1. The summed E-state index contributed by atoms with van der Waals surface area (Å²) < 4.78 is 24.5. The van der Waals surface area contributed by atoms with Crippen LogP contribution < -0.4 is 10.6 Å². The molecule has 3 aliphatic carbocycles. The van der Waals surface area contributed by atoms with Gasteiger partial charge in [0.2, 0.25) is 5.95 Å². The van der Waals surface area contributed by atoms with Crippen LogP contribution in [0.2, 0.25) is 0 Å². The molecule has 0 bridgehead atoms. The van der Waals surface area contributed by atoms with Crippen molar-refractivity contribution in [1.29, 1.82) is 0 Å². The molecule has 3 saturated carbocycles. The summed E-state index contributed by atoms with van der Waals surface area (Å²) in [4.78, 5) is 14.2. The minimum absolute atomic E-state index is 0.336. The molecule has 3 fully saturated rings. The smallest absolute Gasteiger partial charge is 0.224 e. The lowest BCUT2D eigenvalue weighted by molar-refractivity contribution is 0.118. The topological polar surface area (TPSA) is 137 Å². The Bertz CT molecular complexity index is 1360. The van der Waals surface area contributed by atoms with Gasteiger partial charge in [-0.2, -0.15) is 4.98 Å². The first-order valence-corrected chi connectivity index (χ1v) is 14.2. The summed E-state index contributed by atoms with van der Waals surface area (Å²) in [7, 11) is -3.65. The van der Waals surface area contributed by atoms with Crippen LogP contribution in [0.5, 0.6) is 0 Å². The third-order valence-corrected chi connectivity index (χ3v) is 10.6. The van der Waals surface area contributed by atoms with E-state index in [1.54, 1.807) is 0 Å². The second kappa shape index (κ2) is 7.58. The molecule has 0 amide bonds. The molecule has 0 aliphatic heterocycles. The molecule has 3 aliphatic rings. The number of rotatable bonds is 7. The zero-order valence-electron chi connectivity index (χ0n) is 18.9. The zero-order chi connectivity index (χ0) is 23.8. The molecule has 34 heavy (non-hydrogen) atoms. The molecule has 1 aromatic carbocycles. The van der Waals surface area contributed by atoms with Gasteiger partial charge in [0.15, 0.2) is 9.84 Å². The number of aromatic nitrogens is 3. The first kappa shape index (κ1) is 22.1. The molecule has 6 rings (SSSR count). The first-order valence-electron chi connectivity index (χ1n) is 11.5. The molecule has 2 aromatic heterocycles. The Hall–Kier alpha value is -2.34. The summed E-state index contributed by atoms with van der Waals surface area (Å²) in [5, 5.41) is 28.7. The Balaban J connectivity index is 1.38. The average Bonchev–Trinajstić information content (AvgIpc) is 3.62. The lowest BCUT2D eigenvalue weighted by Gasteiger charge is -2.26. The van der Waals surface area contributed by atoms with E-state index in [1.807, 2.05) is 31.2 Å². The summed E-state index contributed by atoms with van der Waals surface area (Å²) in [5.74, 6) is 1.15. The lowest BCUT2D eigenvalue weighted by Crippen LogP contribution is -2.46. The number of fused-ring (bicyclic) bond motifs is 2. The fourth-order valence-corrected chi connectivity index (χ4v) is 8.41. The molecule has 0 spiro atoms. The number of para-hydroxylation sites is 1. The summed E-state index contributed by atoms with van der Waals surface area (Å²) in [6.45, 7) is 2.71. The molecular weight excluding hydrogens is 474 g/mol. The maximum Gasteiger partial charge on any atom is 0.224 e. The molecule has 11 heteroatoms. The van der Waals surface area contributed by atoms with Crippen LogP contribution in [0.25, 0.3) is 20.8 Å². The van der Waals surface area contributed by atoms with Gasteiger partial charge in [0, 0.05) is 18.7 Å². The average molecular weight is 502 g/mol. The van der Waals surface area contributed by atoms with Gasteiger partial charge in [0.05, 0.1) is 39.7 Å². The van der Waals surface area contributed by atoms with Gasteiger partial charge in [-0.05, 0) is 44.2 Å². The highest BCUT2D eigenvalue weighted by Gasteiger charge is 2.80. The van der Waals surface area contributed by atoms with Gasteiger partial charge >= 0.3 is 0 Å². The van der Waals surface area contributed by atoms with Crippen LogP contribution in [0.1, 0.15) is 25.0 Å². The summed E-state index contributed by atoms with van der Waals surface area (Å²) in [6.07, 6.45) is 1.54. The highest BCUT2D eigenvalue weighted by molar-refractivity contribution is 7.92. The number of sulfone groups is 1. The number of nitrogens with zero attached hydrogens (tertiary/aromatic N) is 3. The van der Waals surface area contributed by atoms with Crippen molar-refractivity contribution >= 4 is 43.2 Å².